The van der Waals surface area contributed by atoms with E-state index in [1.807, 2.05) is 0 Å². The fraction of sp³-hybridized carbons (Fsp3) is 0.444. The van der Waals surface area contributed by atoms with Gasteiger partial charge < -0.3 is 4.74 Å². The molecular formula is C9H4ClF8NO. The molecule has 0 unspecified atom stereocenters. The molecule has 0 saturated heterocycles. The third-order valence-corrected chi connectivity index (χ3v) is 2.30. The molecular weight excluding hydrogens is 326 g/mol. The molecule has 0 spiro atoms. The van der Waals surface area contributed by atoms with Gasteiger partial charge in [0.1, 0.15) is 5.69 Å². The summed E-state index contributed by atoms with van der Waals surface area (Å²) >= 11 is 5.13. The maximum Gasteiger partial charge on any atom is 0.573 e. The highest BCUT2D eigenvalue weighted by molar-refractivity contribution is 6.17. The lowest BCUT2D eigenvalue weighted by Crippen LogP contribution is -2.21. The Hall–Kier alpha value is -1.32. The van der Waals surface area contributed by atoms with Crippen LogP contribution in [0.4, 0.5) is 35.1 Å². The number of nitrogens with zero attached hydrogens (tertiary/aromatic N) is 1. The van der Waals surface area contributed by atoms with Crippen molar-refractivity contribution in [3.63, 3.8) is 0 Å². The number of pyridine rings is 1. The van der Waals surface area contributed by atoms with E-state index in [1.165, 1.54) is 0 Å². The lowest BCUT2D eigenvalue weighted by atomic mass is 10.1. The van der Waals surface area contributed by atoms with Gasteiger partial charge in [-0.3, -0.25) is 4.98 Å². The molecule has 0 aliphatic rings. The van der Waals surface area contributed by atoms with E-state index in [0.29, 0.717) is 0 Å². The zero-order chi connectivity index (χ0) is 15.7. The highest BCUT2D eigenvalue weighted by Crippen LogP contribution is 2.41. The Morgan fingerprint density at radius 3 is 2.05 bits per heavy atom. The van der Waals surface area contributed by atoms with Crippen molar-refractivity contribution >= 4 is 11.6 Å². The van der Waals surface area contributed by atoms with Gasteiger partial charge in [0, 0.05) is 11.8 Å². The topological polar surface area (TPSA) is 22.1 Å². The van der Waals surface area contributed by atoms with Crippen LogP contribution < -0.4 is 4.74 Å². The highest BCUT2D eigenvalue weighted by atomic mass is 35.5. The van der Waals surface area contributed by atoms with E-state index < -0.39 is 47.4 Å². The van der Waals surface area contributed by atoms with E-state index in [9.17, 15) is 35.1 Å². The highest BCUT2D eigenvalue weighted by Gasteiger charge is 2.40. The lowest BCUT2D eigenvalue weighted by Gasteiger charge is -2.19. The van der Waals surface area contributed by atoms with Crippen LogP contribution >= 0.6 is 11.6 Å². The number of aromatic nitrogens is 1. The molecule has 114 valence electrons. The van der Waals surface area contributed by atoms with Crippen molar-refractivity contribution in [2.75, 3.05) is 0 Å². The van der Waals surface area contributed by atoms with E-state index in [1.54, 1.807) is 0 Å². The van der Waals surface area contributed by atoms with E-state index in [2.05, 4.69) is 9.72 Å². The molecule has 0 amide bonds. The zero-order valence-corrected chi connectivity index (χ0v) is 9.87. The molecule has 0 fully saturated rings. The molecule has 1 aromatic rings. The largest absolute Gasteiger partial charge is 0.573 e. The second kappa shape index (κ2) is 5.58. The maximum atomic E-state index is 12.6. The molecule has 2 nitrogen and oxygen atoms in total. The Morgan fingerprint density at radius 1 is 1.15 bits per heavy atom. The van der Waals surface area contributed by atoms with Crippen LogP contribution in [0.3, 0.4) is 0 Å². The van der Waals surface area contributed by atoms with Crippen molar-refractivity contribution < 1.29 is 39.9 Å². The molecule has 0 bridgehead atoms. The number of hydrogen-bond acceptors (Lipinski definition) is 2. The summed E-state index contributed by atoms with van der Waals surface area (Å²) in [6, 6.07) is 0. The van der Waals surface area contributed by atoms with Gasteiger partial charge >= 0.3 is 12.5 Å². The zero-order valence-electron chi connectivity index (χ0n) is 9.12. The monoisotopic (exact) mass is 329 g/mol. The van der Waals surface area contributed by atoms with Gasteiger partial charge in [0.25, 0.3) is 6.43 Å². The first kappa shape index (κ1) is 16.7. The quantitative estimate of drug-likeness (QED) is 0.593. The Labute approximate surface area is 111 Å². The summed E-state index contributed by atoms with van der Waals surface area (Å²) in [4.78, 5) is 2.68. The molecule has 0 atom stereocenters. The minimum atomic E-state index is -5.46. The Morgan fingerprint density at radius 2 is 1.70 bits per heavy atom. The van der Waals surface area contributed by atoms with Crippen LogP contribution in [-0.2, 0) is 12.1 Å². The van der Waals surface area contributed by atoms with E-state index in [-0.39, 0.29) is 6.20 Å². The Balaban J connectivity index is 3.55. The standard InChI is InChI=1S/C9H4ClF8NO/c10-1-3-4(8(13,14)15)2-19-5(7(11)12)6(3)20-9(16,17)18/h2,7H,1H2. The predicted molar refractivity (Wildman–Crippen MR) is 50.4 cm³/mol. The SMILES string of the molecule is FC(F)c1ncc(C(F)(F)F)c(CCl)c1OC(F)(F)F. The maximum absolute atomic E-state index is 12.6. The summed E-state index contributed by atoms with van der Waals surface area (Å²) in [5.41, 5.74) is -4.48. The van der Waals surface area contributed by atoms with Crippen molar-refractivity contribution in [3.8, 4) is 5.75 Å². The fourth-order valence-corrected chi connectivity index (χ4v) is 1.57. The lowest BCUT2D eigenvalue weighted by molar-refractivity contribution is -0.275. The molecule has 1 heterocycles. The molecule has 0 aliphatic heterocycles. The van der Waals surface area contributed by atoms with Crippen molar-refractivity contribution in [2.24, 2.45) is 0 Å². The van der Waals surface area contributed by atoms with E-state index >= 15 is 0 Å². The molecule has 0 aromatic carbocycles. The Kier molecular flexibility index (Phi) is 4.67. The van der Waals surface area contributed by atoms with Gasteiger partial charge in [0.15, 0.2) is 5.75 Å². The minimum absolute atomic E-state index is 0.0115. The van der Waals surface area contributed by atoms with Crippen LogP contribution in [0.5, 0.6) is 5.75 Å². The first-order valence-electron chi connectivity index (χ1n) is 4.66. The second-order valence-electron chi connectivity index (χ2n) is 3.34. The predicted octanol–water partition coefficient (Wildman–Crippen LogP) is 4.68. The van der Waals surface area contributed by atoms with Crippen molar-refractivity contribution in [1.29, 1.82) is 0 Å². The minimum Gasteiger partial charge on any atom is -0.403 e. The van der Waals surface area contributed by atoms with Crippen LogP contribution in [0.2, 0.25) is 0 Å². The number of rotatable bonds is 3. The molecule has 11 heteroatoms. The van der Waals surface area contributed by atoms with Crippen molar-refractivity contribution in [1.82, 2.24) is 4.98 Å². The van der Waals surface area contributed by atoms with Crippen LogP contribution in [0, 0.1) is 0 Å². The van der Waals surface area contributed by atoms with Gasteiger partial charge in [-0.05, 0) is 0 Å². The average molecular weight is 330 g/mol. The van der Waals surface area contributed by atoms with Gasteiger partial charge in [-0.2, -0.15) is 13.2 Å². The van der Waals surface area contributed by atoms with Gasteiger partial charge in [-0.15, -0.1) is 24.8 Å². The fourth-order valence-electron chi connectivity index (χ4n) is 1.31. The number of hydrogen-bond donors (Lipinski definition) is 0. The van der Waals surface area contributed by atoms with Crippen molar-refractivity contribution in [3.05, 3.63) is 23.0 Å². The van der Waals surface area contributed by atoms with E-state index in [4.69, 9.17) is 11.6 Å². The number of halogens is 9. The average Bonchev–Trinajstić information content (AvgIpc) is 2.24. The summed E-state index contributed by atoms with van der Waals surface area (Å²) in [5, 5.41) is 0. The number of ether oxygens (including phenoxy) is 1. The molecule has 20 heavy (non-hydrogen) atoms. The van der Waals surface area contributed by atoms with Gasteiger partial charge in [-0.1, -0.05) is 0 Å². The Bertz CT molecular complexity index is 484. The van der Waals surface area contributed by atoms with Crippen LogP contribution in [0.25, 0.3) is 0 Å². The molecule has 0 aliphatic carbocycles. The van der Waals surface area contributed by atoms with Gasteiger partial charge in [-0.25, -0.2) is 8.78 Å². The normalized spacial score (nSPS) is 12.9. The van der Waals surface area contributed by atoms with Crippen molar-refractivity contribution in [2.45, 2.75) is 24.8 Å². The molecule has 1 aromatic heterocycles. The summed E-state index contributed by atoms with van der Waals surface area (Å²) in [7, 11) is 0. The second-order valence-corrected chi connectivity index (χ2v) is 3.61. The summed E-state index contributed by atoms with van der Waals surface area (Å²) in [6.45, 7) is 0. The van der Waals surface area contributed by atoms with Crippen LogP contribution in [0.1, 0.15) is 23.2 Å². The molecule has 0 saturated carbocycles. The summed E-state index contributed by atoms with van der Waals surface area (Å²) in [5.74, 6) is -2.83. The first-order valence-corrected chi connectivity index (χ1v) is 5.19. The van der Waals surface area contributed by atoms with Gasteiger partial charge in [0.05, 0.1) is 11.4 Å². The first-order chi connectivity index (χ1) is 8.97. The molecule has 1 rings (SSSR count). The van der Waals surface area contributed by atoms with E-state index in [0.717, 1.165) is 0 Å². The van der Waals surface area contributed by atoms with Crippen LogP contribution in [0.15, 0.2) is 6.20 Å². The third kappa shape index (κ3) is 3.84. The molecule has 0 radical (unpaired) electrons. The number of alkyl halides is 9. The summed E-state index contributed by atoms with van der Waals surface area (Å²) < 4.78 is 102. The van der Waals surface area contributed by atoms with Crippen LogP contribution in [-0.4, -0.2) is 11.3 Å². The third-order valence-electron chi connectivity index (χ3n) is 2.03. The van der Waals surface area contributed by atoms with Gasteiger partial charge in [0.2, 0.25) is 0 Å². The summed E-state index contributed by atoms with van der Waals surface area (Å²) in [6.07, 6.45) is -14.1. The molecule has 0 N–H and O–H groups in total. The smallest absolute Gasteiger partial charge is 0.403 e.